The van der Waals surface area contributed by atoms with Crippen LogP contribution in [0.2, 0.25) is 0 Å². The Morgan fingerprint density at radius 3 is 2.57 bits per heavy atom. The van der Waals surface area contributed by atoms with Crippen LogP contribution in [0.5, 0.6) is 0 Å². The second-order valence-electron chi connectivity index (χ2n) is 7.27. The van der Waals surface area contributed by atoms with Crippen LogP contribution in [0.25, 0.3) is 11.0 Å². The van der Waals surface area contributed by atoms with Crippen molar-refractivity contribution in [3.05, 3.63) is 65.9 Å². The zero-order valence-electron chi connectivity index (χ0n) is 16.3. The van der Waals surface area contributed by atoms with Gasteiger partial charge < -0.3 is 25.5 Å². The van der Waals surface area contributed by atoms with E-state index in [0.717, 1.165) is 10.9 Å². The van der Waals surface area contributed by atoms with Crippen LogP contribution in [0.15, 0.2) is 59.0 Å². The predicted octanol–water partition coefficient (Wildman–Crippen LogP) is 2.35. The van der Waals surface area contributed by atoms with Crippen LogP contribution in [0.1, 0.15) is 16.1 Å². The van der Waals surface area contributed by atoms with Crippen LogP contribution in [-0.2, 0) is 11.2 Å². The van der Waals surface area contributed by atoms with E-state index in [9.17, 15) is 14.7 Å². The van der Waals surface area contributed by atoms with Gasteiger partial charge in [0.15, 0.2) is 5.76 Å². The van der Waals surface area contributed by atoms with Gasteiger partial charge in [-0.3, -0.25) is 9.59 Å². The number of fused-ring (bicyclic) bond motifs is 1. The number of nitrogens with one attached hydrogen (secondary N) is 3. The van der Waals surface area contributed by atoms with Crippen molar-refractivity contribution in [3.8, 4) is 0 Å². The van der Waals surface area contributed by atoms with Gasteiger partial charge in [-0.1, -0.05) is 30.3 Å². The molecule has 1 aromatic heterocycles. The Hall–Kier alpha value is -2.87. The summed E-state index contributed by atoms with van der Waals surface area (Å²) in [6.45, 7) is 1.74. The molecule has 8 heteroatoms. The molecule has 1 saturated heterocycles. The molecule has 3 aromatic rings. The molecule has 4 rings (SSSR count). The van der Waals surface area contributed by atoms with E-state index in [-0.39, 0.29) is 42.3 Å². The molecule has 2 unspecified atom stereocenters. The lowest BCUT2D eigenvalue weighted by molar-refractivity contribution is -0.120. The number of amides is 2. The van der Waals surface area contributed by atoms with Gasteiger partial charge >= 0.3 is 0 Å². The minimum Gasteiger partial charge on any atom is -0.451 e. The number of aliphatic hydroxyl groups excluding tert-OH is 1. The smallest absolute Gasteiger partial charge is 0.291 e. The number of benzene rings is 2. The Kier molecular flexibility index (Phi) is 7.10. The Morgan fingerprint density at radius 2 is 1.87 bits per heavy atom. The fraction of sp³-hybridized carbons (Fsp3) is 0.273. The van der Waals surface area contributed by atoms with E-state index < -0.39 is 6.10 Å². The number of hydrogen-bond acceptors (Lipinski definition) is 5. The van der Waals surface area contributed by atoms with Crippen LogP contribution in [0.4, 0.5) is 5.69 Å². The summed E-state index contributed by atoms with van der Waals surface area (Å²) in [6, 6.07) is 16.3. The maximum absolute atomic E-state index is 12.4. The first-order valence-electron chi connectivity index (χ1n) is 9.63. The average Bonchev–Trinajstić information content (AvgIpc) is 3.34. The van der Waals surface area contributed by atoms with Gasteiger partial charge in [0.2, 0.25) is 5.91 Å². The molecule has 7 nitrogen and oxygen atoms in total. The van der Waals surface area contributed by atoms with Gasteiger partial charge in [0.05, 0.1) is 12.5 Å². The average molecular weight is 430 g/mol. The lowest BCUT2D eigenvalue weighted by Crippen LogP contribution is -2.35. The number of hydrogen-bond donors (Lipinski definition) is 4. The van der Waals surface area contributed by atoms with Crippen LogP contribution >= 0.6 is 12.4 Å². The monoisotopic (exact) mass is 429 g/mol. The lowest BCUT2D eigenvalue weighted by atomic mass is 10.1. The molecule has 2 heterocycles. The summed E-state index contributed by atoms with van der Waals surface area (Å²) >= 11 is 0. The number of halogens is 1. The van der Waals surface area contributed by atoms with Crippen molar-refractivity contribution < 1.29 is 19.1 Å². The van der Waals surface area contributed by atoms with Crippen molar-refractivity contribution >= 4 is 40.9 Å². The molecule has 0 bridgehead atoms. The molecule has 1 fully saturated rings. The number of carbonyl (C=O) groups excluding carboxylic acids is 2. The number of furan rings is 1. The van der Waals surface area contributed by atoms with E-state index in [2.05, 4.69) is 16.0 Å². The molecular formula is C22H24ClN3O4. The standard InChI is InChI=1S/C22H23N3O4.ClH/c26-18-13-23-11-16(18)12-24-21(27)9-14-5-7-17(8-6-14)25-22(28)20-10-15-3-1-2-4-19(15)29-20;/h1-8,10,16,18,23,26H,9,11-13H2,(H,24,27)(H,25,28);1H. The zero-order chi connectivity index (χ0) is 20.2. The maximum atomic E-state index is 12.4. The molecule has 1 aliphatic rings. The largest absolute Gasteiger partial charge is 0.451 e. The Morgan fingerprint density at radius 1 is 1.10 bits per heavy atom. The van der Waals surface area contributed by atoms with Crippen molar-refractivity contribution in [1.29, 1.82) is 0 Å². The highest BCUT2D eigenvalue weighted by Crippen LogP contribution is 2.20. The highest BCUT2D eigenvalue weighted by Gasteiger charge is 2.24. The van der Waals surface area contributed by atoms with Gasteiger partial charge in [0, 0.05) is 36.6 Å². The second-order valence-corrected chi connectivity index (χ2v) is 7.27. The van der Waals surface area contributed by atoms with E-state index >= 15 is 0 Å². The summed E-state index contributed by atoms with van der Waals surface area (Å²) in [5.74, 6) is -0.119. The quantitative estimate of drug-likeness (QED) is 0.481. The van der Waals surface area contributed by atoms with E-state index in [1.165, 1.54) is 0 Å². The van der Waals surface area contributed by atoms with Gasteiger partial charge in [0.25, 0.3) is 5.91 Å². The molecule has 0 spiro atoms. The number of anilines is 1. The van der Waals surface area contributed by atoms with Crippen LogP contribution < -0.4 is 16.0 Å². The summed E-state index contributed by atoms with van der Waals surface area (Å²) < 4.78 is 5.57. The Bertz CT molecular complexity index is 986. The first-order valence-corrected chi connectivity index (χ1v) is 9.63. The summed E-state index contributed by atoms with van der Waals surface area (Å²) in [7, 11) is 0. The third kappa shape index (κ3) is 5.18. The molecule has 2 aromatic carbocycles. The third-order valence-electron chi connectivity index (χ3n) is 5.09. The van der Waals surface area contributed by atoms with E-state index in [4.69, 9.17) is 4.42 Å². The molecule has 158 valence electrons. The SMILES string of the molecule is Cl.O=C(Cc1ccc(NC(=O)c2cc3ccccc3o2)cc1)NCC1CNCC1O. The Labute approximate surface area is 180 Å². The van der Waals surface area contributed by atoms with Crippen molar-refractivity contribution in [2.24, 2.45) is 5.92 Å². The first kappa shape index (κ1) is 21.8. The molecule has 2 amide bonds. The maximum Gasteiger partial charge on any atom is 0.291 e. The molecule has 0 saturated carbocycles. The highest BCUT2D eigenvalue weighted by atomic mass is 35.5. The zero-order valence-corrected chi connectivity index (χ0v) is 17.1. The number of para-hydroxylation sites is 1. The number of aliphatic hydroxyl groups is 1. The van der Waals surface area contributed by atoms with Crippen molar-refractivity contribution in [2.75, 3.05) is 25.0 Å². The summed E-state index contributed by atoms with van der Waals surface area (Å²) in [6.07, 6.45) is -0.168. The molecule has 2 atom stereocenters. The van der Waals surface area contributed by atoms with Gasteiger partial charge in [0.1, 0.15) is 5.58 Å². The molecule has 1 aliphatic heterocycles. The summed E-state index contributed by atoms with van der Waals surface area (Å²) in [5.41, 5.74) is 2.13. The molecular weight excluding hydrogens is 406 g/mol. The lowest BCUT2D eigenvalue weighted by Gasteiger charge is -2.14. The van der Waals surface area contributed by atoms with Crippen LogP contribution in [0, 0.1) is 5.92 Å². The molecule has 30 heavy (non-hydrogen) atoms. The van der Waals surface area contributed by atoms with Gasteiger partial charge in [-0.25, -0.2) is 0 Å². The van der Waals surface area contributed by atoms with E-state index in [0.29, 0.717) is 30.9 Å². The van der Waals surface area contributed by atoms with Crippen molar-refractivity contribution in [2.45, 2.75) is 12.5 Å². The van der Waals surface area contributed by atoms with Crippen LogP contribution in [-0.4, -0.2) is 42.7 Å². The van der Waals surface area contributed by atoms with Crippen molar-refractivity contribution in [1.82, 2.24) is 10.6 Å². The molecule has 0 radical (unpaired) electrons. The van der Waals surface area contributed by atoms with E-state index in [1.54, 1.807) is 30.3 Å². The Balaban J connectivity index is 0.00000256. The molecule has 4 N–H and O–H groups in total. The fourth-order valence-corrected chi connectivity index (χ4v) is 3.41. The first-order chi connectivity index (χ1) is 14.1. The van der Waals surface area contributed by atoms with E-state index in [1.807, 2.05) is 24.3 Å². The fourth-order valence-electron chi connectivity index (χ4n) is 3.41. The predicted molar refractivity (Wildman–Crippen MR) is 117 cm³/mol. The minimum atomic E-state index is -0.412. The van der Waals surface area contributed by atoms with Gasteiger partial charge in [-0.15, -0.1) is 12.4 Å². The van der Waals surface area contributed by atoms with Gasteiger partial charge in [-0.05, 0) is 29.8 Å². The number of β-amino-alcohol motifs (C(OH)–C–C–N with tert-alkyl or cyclic N) is 1. The normalized spacial score (nSPS) is 18.0. The number of carbonyl (C=O) groups is 2. The third-order valence-corrected chi connectivity index (χ3v) is 5.09. The van der Waals surface area contributed by atoms with Crippen molar-refractivity contribution in [3.63, 3.8) is 0 Å². The highest BCUT2D eigenvalue weighted by molar-refractivity contribution is 6.04. The topological polar surface area (TPSA) is 104 Å². The molecule has 0 aliphatic carbocycles. The van der Waals surface area contributed by atoms with Crippen LogP contribution in [0.3, 0.4) is 0 Å². The summed E-state index contributed by atoms with van der Waals surface area (Å²) in [5, 5.41) is 19.4. The minimum absolute atomic E-state index is 0. The van der Waals surface area contributed by atoms with Gasteiger partial charge in [-0.2, -0.15) is 0 Å². The summed E-state index contributed by atoms with van der Waals surface area (Å²) in [4.78, 5) is 24.5. The second kappa shape index (κ2) is 9.75. The number of rotatable bonds is 6.